The van der Waals surface area contributed by atoms with Gasteiger partial charge >= 0.3 is 0 Å². The minimum absolute atomic E-state index is 0.186. The third-order valence-corrected chi connectivity index (χ3v) is 5.91. The summed E-state index contributed by atoms with van der Waals surface area (Å²) in [5.74, 6) is 0.737. The van der Waals surface area contributed by atoms with Gasteiger partial charge in [0, 0.05) is 11.1 Å². The van der Waals surface area contributed by atoms with Crippen LogP contribution in [0.1, 0.15) is 108 Å². The Morgan fingerprint density at radius 1 is 0.577 bits per heavy atom. The maximum absolute atomic E-state index is 3.50. The molecule has 0 spiro atoms. The highest BCUT2D eigenvalue weighted by molar-refractivity contribution is 4.94. The summed E-state index contributed by atoms with van der Waals surface area (Å²) in [6, 6.07) is 0. The van der Waals surface area contributed by atoms with E-state index in [1.807, 2.05) is 0 Å². The molecule has 2 nitrogen and oxygen atoms in total. The van der Waals surface area contributed by atoms with Crippen LogP contribution in [-0.2, 0) is 0 Å². The van der Waals surface area contributed by atoms with E-state index in [-0.39, 0.29) is 11.1 Å². The average Bonchev–Trinajstić information content (AvgIpc) is 2.32. The molecule has 0 rings (SSSR count). The van der Waals surface area contributed by atoms with Crippen molar-refractivity contribution in [2.45, 2.75) is 119 Å². The monoisotopic (exact) mass is 368 g/mol. The molecule has 0 aromatic heterocycles. The molecule has 0 saturated heterocycles. The van der Waals surface area contributed by atoms with E-state index in [9.17, 15) is 0 Å². The van der Waals surface area contributed by atoms with Gasteiger partial charge in [0.25, 0.3) is 0 Å². The fraction of sp³-hybridized carbons (Fsp3) is 1.00. The first kappa shape index (κ1) is 25.9. The first-order valence-electron chi connectivity index (χ1n) is 10.7. The van der Waals surface area contributed by atoms with Gasteiger partial charge in [0.05, 0.1) is 0 Å². The Labute approximate surface area is 166 Å². The second-order valence-electron chi connectivity index (χ2n) is 12.7. The van der Waals surface area contributed by atoms with Gasteiger partial charge in [-0.15, -0.1) is 0 Å². The van der Waals surface area contributed by atoms with Crippen LogP contribution in [0, 0.1) is 22.2 Å². The van der Waals surface area contributed by atoms with Gasteiger partial charge in [0.15, 0.2) is 0 Å². The predicted molar refractivity (Wildman–Crippen MR) is 120 cm³/mol. The molecule has 0 fully saturated rings. The van der Waals surface area contributed by atoms with E-state index in [0.29, 0.717) is 16.2 Å². The van der Waals surface area contributed by atoms with Gasteiger partial charge in [-0.25, -0.2) is 0 Å². The van der Waals surface area contributed by atoms with E-state index in [1.165, 1.54) is 32.1 Å². The molecule has 0 aromatic rings. The number of nitrogens with one attached hydrogen (secondary N) is 2. The Hall–Kier alpha value is -0.0800. The summed E-state index contributed by atoms with van der Waals surface area (Å²) in [6.45, 7) is 26.5. The lowest BCUT2D eigenvalue weighted by Crippen LogP contribution is -2.44. The minimum Gasteiger partial charge on any atom is -0.315 e. The van der Waals surface area contributed by atoms with Crippen molar-refractivity contribution < 1.29 is 0 Å². The van der Waals surface area contributed by atoms with Crippen LogP contribution in [0.25, 0.3) is 0 Å². The van der Waals surface area contributed by atoms with E-state index in [0.717, 1.165) is 5.92 Å². The first-order chi connectivity index (χ1) is 11.4. The molecule has 2 N–H and O–H groups in total. The molecular weight excluding hydrogens is 316 g/mol. The highest BCUT2D eigenvalue weighted by Crippen LogP contribution is 2.49. The van der Waals surface area contributed by atoms with Gasteiger partial charge in [-0.2, -0.15) is 0 Å². The lowest BCUT2D eigenvalue weighted by atomic mass is 9.60. The number of rotatable bonds is 12. The molecule has 0 radical (unpaired) electrons. The molecule has 26 heavy (non-hydrogen) atoms. The van der Waals surface area contributed by atoms with Gasteiger partial charge in [-0.3, -0.25) is 0 Å². The van der Waals surface area contributed by atoms with Crippen molar-refractivity contribution in [1.82, 2.24) is 10.6 Å². The zero-order valence-corrected chi connectivity index (χ0v) is 20.6. The van der Waals surface area contributed by atoms with Crippen LogP contribution in [0.3, 0.4) is 0 Å². The van der Waals surface area contributed by atoms with E-state index in [4.69, 9.17) is 0 Å². The van der Waals surface area contributed by atoms with Crippen LogP contribution in [0.5, 0.6) is 0 Å². The summed E-state index contributed by atoms with van der Waals surface area (Å²) in [5.41, 5.74) is 1.39. The van der Waals surface area contributed by atoms with Crippen molar-refractivity contribution in [3.63, 3.8) is 0 Å². The smallest absolute Gasteiger partial charge is 0.0127 e. The van der Waals surface area contributed by atoms with Gasteiger partial charge in [-0.1, -0.05) is 48.5 Å². The van der Waals surface area contributed by atoms with Crippen LogP contribution >= 0.6 is 0 Å². The number of hydrogen-bond acceptors (Lipinski definition) is 2. The van der Waals surface area contributed by atoms with E-state index >= 15 is 0 Å². The second kappa shape index (κ2) is 8.95. The van der Waals surface area contributed by atoms with Crippen LogP contribution in [0.2, 0.25) is 0 Å². The normalized spacial score (nSPS) is 15.0. The molecule has 0 unspecified atom stereocenters. The molecule has 0 aliphatic heterocycles. The van der Waals surface area contributed by atoms with E-state index < -0.39 is 0 Å². The summed E-state index contributed by atoms with van der Waals surface area (Å²) < 4.78 is 0. The molecule has 0 atom stereocenters. The maximum Gasteiger partial charge on any atom is 0.0127 e. The highest BCUT2D eigenvalue weighted by atomic mass is 14.9. The van der Waals surface area contributed by atoms with Crippen LogP contribution in [0.4, 0.5) is 0 Å². The molecular formula is C24H52N2. The molecule has 0 bridgehead atoms. The molecule has 158 valence electrons. The van der Waals surface area contributed by atoms with Crippen molar-refractivity contribution in [2.24, 2.45) is 22.2 Å². The van der Waals surface area contributed by atoms with Crippen LogP contribution < -0.4 is 10.6 Å². The largest absolute Gasteiger partial charge is 0.315 e. The lowest BCUT2D eigenvalue weighted by molar-refractivity contribution is 0.0566. The Bertz CT molecular complexity index is 384. The lowest BCUT2D eigenvalue weighted by Gasteiger charge is -2.47. The maximum atomic E-state index is 3.50. The third-order valence-electron chi connectivity index (χ3n) is 5.91. The Kier molecular flexibility index (Phi) is 8.92. The first-order valence-corrected chi connectivity index (χ1v) is 10.7. The molecule has 0 amide bonds. The Balaban J connectivity index is 5.44. The summed E-state index contributed by atoms with van der Waals surface area (Å²) in [5, 5.41) is 7.01. The predicted octanol–water partition coefficient (Wildman–Crippen LogP) is 6.65. The summed E-state index contributed by atoms with van der Waals surface area (Å²) >= 11 is 0. The van der Waals surface area contributed by atoms with Gasteiger partial charge in [0.2, 0.25) is 0 Å². The second-order valence-corrected chi connectivity index (χ2v) is 12.7. The van der Waals surface area contributed by atoms with Gasteiger partial charge in [0.1, 0.15) is 0 Å². The zero-order valence-electron chi connectivity index (χ0n) is 20.6. The molecule has 0 heterocycles. The summed E-state index contributed by atoms with van der Waals surface area (Å²) in [6.07, 6.45) is 6.28. The van der Waals surface area contributed by atoms with E-state index in [2.05, 4.69) is 101 Å². The fourth-order valence-electron chi connectivity index (χ4n) is 6.20. The van der Waals surface area contributed by atoms with Crippen molar-refractivity contribution in [1.29, 1.82) is 0 Å². The summed E-state index contributed by atoms with van der Waals surface area (Å²) in [4.78, 5) is 0. The van der Waals surface area contributed by atoms with Crippen molar-refractivity contribution in [3.8, 4) is 0 Å². The van der Waals surface area contributed by atoms with Gasteiger partial charge in [-0.05, 0) is 96.1 Å². The quantitative estimate of drug-likeness (QED) is 0.403. The van der Waals surface area contributed by atoms with Crippen LogP contribution in [-0.4, -0.2) is 25.2 Å². The fourth-order valence-corrected chi connectivity index (χ4v) is 6.20. The average molecular weight is 369 g/mol. The molecule has 2 heteroatoms. The van der Waals surface area contributed by atoms with Crippen LogP contribution in [0.15, 0.2) is 0 Å². The molecule has 0 saturated carbocycles. The van der Waals surface area contributed by atoms with Gasteiger partial charge < -0.3 is 10.6 Å². The molecule has 0 aliphatic carbocycles. The van der Waals surface area contributed by atoms with Crippen molar-refractivity contribution in [3.05, 3.63) is 0 Å². The standard InChI is InChI=1S/C24H52N2/c1-19(2)14-24(11,17-20(3,4)15-22(7,8)25-12)18-21(5,6)16-23(9,10)26-13/h19,25-26H,14-18H2,1-13H3. The SMILES string of the molecule is CNC(C)(C)CC(C)(C)CC(C)(CC(C)C)CC(C)(C)CC(C)(C)NC. The molecule has 0 aromatic carbocycles. The zero-order chi connectivity index (χ0) is 21.0. The summed E-state index contributed by atoms with van der Waals surface area (Å²) in [7, 11) is 4.18. The highest BCUT2D eigenvalue weighted by Gasteiger charge is 2.40. The third kappa shape index (κ3) is 10.3. The van der Waals surface area contributed by atoms with Crippen molar-refractivity contribution in [2.75, 3.05) is 14.1 Å². The Morgan fingerprint density at radius 2 is 0.885 bits per heavy atom. The number of hydrogen-bond donors (Lipinski definition) is 2. The van der Waals surface area contributed by atoms with E-state index in [1.54, 1.807) is 0 Å². The topological polar surface area (TPSA) is 24.1 Å². The Morgan fingerprint density at radius 3 is 1.12 bits per heavy atom. The molecule has 0 aliphatic rings. The minimum atomic E-state index is 0.186. The van der Waals surface area contributed by atoms with Crippen molar-refractivity contribution >= 4 is 0 Å².